The molecule has 0 fully saturated rings. The van der Waals surface area contributed by atoms with Crippen LogP contribution in [-0.2, 0) is 26.9 Å². The van der Waals surface area contributed by atoms with Gasteiger partial charge in [0.05, 0.1) is 12.7 Å². The lowest BCUT2D eigenvalue weighted by Crippen LogP contribution is -2.44. The summed E-state index contributed by atoms with van der Waals surface area (Å²) in [6.45, 7) is 5.43. The molecule has 1 rings (SSSR count). The van der Waals surface area contributed by atoms with Crippen molar-refractivity contribution in [3.05, 3.63) is 35.4 Å². The van der Waals surface area contributed by atoms with E-state index >= 15 is 0 Å². The van der Waals surface area contributed by atoms with Gasteiger partial charge in [-0.25, -0.2) is 4.79 Å². The van der Waals surface area contributed by atoms with Gasteiger partial charge in [0.15, 0.2) is 0 Å². The molecule has 1 aromatic rings. The maximum absolute atomic E-state index is 12.8. The predicted octanol–water partition coefficient (Wildman–Crippen LogP) is 3.59. The van der Waals surface area contributed by atoms with E-state index in [1.54, 1.807) is 13.0 Å². The largest absolute Gasteiger partial charge is 0.467 e. The highest BCUT2D eigenvalue weighted by atomic mass is 19.4. The van der Waals surface area contributed by atoms with Crippen LogP contribution in [0.4, 0.5) is 13.2 Å². The molecule has 0 aromatic heterocycles. The van der Waals surface area contributed by atoms with E-state index in [1.807, 2.05) is 13.8 Å². The van der Waals surface area contributed by atoms with E-state index in [1.165, 1.54) is 13.2 Å². The molecule has 140 valence electrons. The lowest BCUT2D eigenvalue weighted by Gasteiger charge is -2.21. The van der Waals surface area contributed by atoms with Crippen LogP contribution in [0.5, 0.6) is 0 Å². The minimum Gasteiger partial charge on any atom is -0.467 e. The van der Waals surface area contributed by atoms with Gasteiger partial charge in [0, 0.05) is 5.92 Å². The normalized spacial score (nSPS) is 14.1. The summed E-state index contributed by atoms with van der Waals surface area (Å²) in [6.07, 6.45) is -3.85. The molecule has 1 aromatic carbocycles. The number of benzene rings is 1. The number of nitrogens with one attached hydrogen (secondary N) is 1. The zero-order valence-corrected chi connectivity index (χ0v) is 14.8. The van der Waals surface area contributed by atoms with Gasteiger partial charge in [-0.3, -0.25) is 4.79 Å². The van der Waals surface area contributed by atoms with Crippen molar-refractivity contribution in [2.24, 2.45) is 11.8 Å². The van der Waals surface area contributed by atoms with Crippen molar-refractivity contribution in [2.75, 3.05) is 7.11 Å². The molecule has 1 amide bonds. The highest BCUT2D eigenvalue weighted by Crippen LogP contribution is 2.30. The number of hydrogen-bond acceptors (Lipinski definition) is 3. The average Bonchev–Trinajstić information content (AvgIpc) is 2.52. The van der Waals surface area contributed by atoms with Gasteiger partial charge in [0.1, 0.15) is 6.04 Å². The Kier molecular flexibility index (Phi) is 7.45. The number of methoxy groups -OCH3 is 1. The molecule has 0 aliphatic rings. The number of carbonyl (C=O) groups is 2. The van der Waals surface area contributed by atoms with Gasteiger partial charge >= 0.3 is 12.1 Å². The second-order valence-electron chi connectivity index (χ2n) is 6.52. The van der Waals surface area contributed by atoms with Crippen LogP contribution < -0.4 is 5.32 Å². The molecule has 2 atom stereocenters. The van der Waals surface area contributed by atoms with Crippen LogP contribution in [0.2, 0.25) is 0 Å². The Morgan fingerprint density at radius 1 is 1.20 bits per heavy atom. The number of halogens is 3. The molecular weight excluding hydrogens is 335 g/mol. The molecule has 4 nitrogen and oxygen atoms in total. The van der Waals surface area contributed by atoms with Gasteiger partial charge in [-0.2, -0.15) is 13.2 Å². The SMILES string of the molecule is COC(=O)C(CC(C)C)NC(=O)C(C)Cc1cccc(C(F)(F)F)c1. The second kappa shape index (κ2) is 8.87. The fraction of sp³-hybridized carbons (Fsp3) is 0.556. The number of hydrogen-bond donors (Lipinski definition) is 1. The number of esters is 1. The summed E-state index contributed by atoms with van der Waals surface area (Å²) in [7, 11) is 1.24. The first-order valence-corrected chi connectivity index (χ1v) is 8.09. The number of rotatable bonds is 7. The predicted molar refractivity (Wildman–Crippen MR) is 87.7 cm³/mol. The fourth-order valence-electron chi connectivity index (χ4n) is 2.46. The molecule has 0 heterocycles. The van der Waals surface area contributed by atoms with E-state index < -0.39 is 35.6 Å². The first-order valence-electron chi connectivity index (χ1n) is 8.09. The Morgan fingerprint density at radius 2 is 1.84 bits per heavy atom. The van der Waals surface area contributed by atoms with Gasteiger partial charge in [0.2, 0.25) is 5.91 Å². The molecule has 25 heavy (non-hydrogen) atoms. The van der Waals surface area contributed by atoms with E-state index in [4.69, 9.17) is 0 Å². The molecule has 0 bridgehead atoms. The summed E-state index contributed by atoms with van der Waals surface area (Å²) in [6, 6.07) is 4.13. The number of alkyl halides is 3. The maximum Gasteiger partial charge on any atom is 0.416 e. The lowest BCUT2D eigenvalue weighted by atomic mass is 9.97. The number of carbonyl (C=O) groups excluding carboxylic acids is 2. The molecule has 0 saturated carbocycles. The fourth-order valence-corrected chi connectivity index (χ4v) is 2.46. The Bertz CT molecular complexity index is 599. The van der Waals surface area contributed by atoms with Gasteiger partial charge in [-0.1, -0.05) is 39.0 Å². The van der Waals surface area contributed by atoms with E-state index in [0.29, 0.717) is 12.0 Å². The third-order valence-electron chi connectivity index (χ3n) is 3.75. The van der Waals surface area contributed by atoms with E-state index in [-0.39, 0.29) is 12.3 Å². The van der Waals surface area contributed by atoms with E-state index in [9.17, 15) is 22.8 Å². The van der Waals surface area contributed by atoms with Gasteiger partial charge in [0.25, 0.3) is 0 Å². The van der Waals surface area contributed by atoms with Crippen LogP contribution in [0.15, 0.2) is 24.3 Å². The summed E-state index contributed by atoms with van der Waals surface area (Å²) < 4.78 is 43.0. The minimum absolute atomic E-state index is 0.144. The van der Waals surface area contributed by atoms with Crippen molar-refractivity contribution in [2.45, 2.75) is 45.8 Å². The van der Waals surface area contributed by atoms with Crippen LogP contribution in [-0.4, -0.2) is 25.0 Å². The molecule has 0 aliphatic carbocycles. The van der Waals surface area contributed by atoms with Gasteiger partial charge in [-0.15, -0.1) is 0 Å². The Morgan fingerprint density at radius 3 is 2.36 bits per heavy atom. The highest BCUT2D eigenvalue weighted by Gasteiger charge is 2.31. The molecule has 0 radical (unpaired) electrons. The molecule has 2 unspecified atom stereocenters. The topological polar surface area (TPSA) is 55.4 Å². The zero-order valence-electron chi connectivity index (χ0n) is 14.8. The van der Waals surface area contributed by atoms with E-state index in [0.717, 1.165) is 12.1 Å². The average molecular weight is 359 g/mol. The van der Waals surface area contributed by atoms with Crippen molar-refractivity contribution >= 4 is 11.9 Å². The Labute approximate surface area is 145 Å². The number of amides is 1. The molecular formula is C18H24F3NO3. The molecule has 0 spiro atoms. The Balaban J connectivity index is 2.77. The molecule has 0 saturated heterocycles. The Hall–Kier alpha value is -2.05. The first kappa shape index (κ1) is 21.0. The van der Waals surface area contributed by atoms with Crippen molar-refractivity contribution in [1.82, 2.24) is 5.32 Å². The van der Waals surface area contributed by atoms with Crippen molar-refractivity contribution in [3.63, 3.8) is 0 Å². The highest BCUT2D eigenvalue weighted by molar-refractivity contribution is 5.85. The third kappa shape index (κ3) is 6.76. The quantitative estimate of drug-likeness (QED) is 0.757. The smallest absolute Gasteiger partial charge is 0.416 e. The summed E-state index contributed by atoms with van der Waals surface area (Å²) >= 11 is 0. The summed E-state index contributed by atoms with van der Waals surface area (Å²) in [5.41, 5.74) is -0.333. The van der Waals surface area contributed by atoms with Crippen LogP contribution in [0.1, 0.15) is 38.3 Å². The molecule has 0 aliphatic heterocycles. The maximum atomic E-state index is 12.8. The van der Waals surface area contributed by atoms with Crippen LogP contribution in [0, 0.1) is 11.8 Å². The summed E-state index contributed by atoms with van der Waals surface area (Å²) in [5.74, 6) is -1.34. The van der Waals surface area contributed by atoms with Crippen LogP contribution in [0.3, 0.4) is 0 Å². The molecule has 1 N–H and O–H groups in total. The first-order chi connectivity index (χ1) is 11.5. The standard InChI is InChI=1S/C18H24F3NO3/c1-11(2)8-15(17(24)25-4)22-16(23)12(3)9-13-6-5-7-14(10-13)18(19,20)21/h5-7,10-12,15H,8-9H2,1-4H3,(H,22,23). The third-order valence-corrected chi connectivity index (χ3v) is 3.75. The van der Waals surface area contributed by atoms with E-state index in [2.05, 4.69) is 10.1 Å². The van der Waals surface area contributed by atoms with Crippen molar-refractivity contribution < 1.29 is 27.5 Å². The number of ether oxygens (including phenoxy) is 1. The lowest BCUT2D eigenvalue weighted by molar-refractivity contribution is -0.146. The van der Waals surface area contributed by atoms with Crippen LogP contribution in [0.25, 0.3) is 0 Å². The molecule has 7 heteroatoms. The zero-order chi connectivity index (χ0) is 19.2. The summed E-state index contributed by atoms with van der Waals surface area (Å²) in [5, 5.41) is 2.63. The van der Waals surface area contributed by atoms with Crippen LogP contribution >= 0.6 is 0 Å². The minimum atomic E-state index is -4.42. The monoisotopic (exact) mass is 359 g/mol. The van der Waals surface area contributed by atoms with Crippen molar-refractivity contribution in [1.29, 1.82) is 0 Å². The van der Waals surface area contributed by atoms with Gasteiger partial charge in [-0.05, 0) is 30.4 Å². The summed E-state index contributed by atoms with van der Waals surface area (Å²) in [4.78, 5) is 24.1. The second-order valence-corrected chi connectivity index (χ2v) is 6.52. The van der Waals surface area contributed by atoms with Gasteiger partial charge < -0.3 is 10.1 Å². The van der Waals surface area contributed by atoms with Crippen molar-refractivity contribution in [3.8, 4) is 0 Å².